The van der Waals surface area contributed by atoms with Crippen molar-refractivity contribution in [2.75, 3.05) is 19.7 Å². The topological polar surface area (TPSA) is 226 Å². The highest BCUT2D eigenvalue weighted by Gasteiger charge is 2.38. The van der Waals surface area contributed by atoms with Crippen LogP contribution < -0.4 is 27.8 Å². The molecule has 0 aliphatic carbocycles. The van der Waals surface area contributed by atoms with Gasteiger partial charge in [-0.25, -0.2) is 4.79 Å². The summed E-state index contributed by atoms with van der Waals surface area (Å²) in [6, 6.07) is -4.16. The minimum Gasteiger partial charge on any atom is -0.480 e. The number of aliphatic imine (C=N–C) groups is 1. The number of nitrogens with two attached hydrogens (primary N) is 3. The first-order chi connectivity index (χ1) is 15.5. The molecule has 1 fully saturated rings. The van der Waals surface area contributed by atoms with E-state index in [9.17, 15) is 24.3 Å². The van der Waals surface area contributed by atoms with Gasteiger partial charge in [0, 0.05) is 13.1 Å². The van der Waals surface area contributed by atoms with Gasteiger partial charge in [0.15, 0.2) is 5.96 Å². The maximum atomic E-state index is 13.1. The molecule has 0 aromatic rings. The van der Waals surface area contributed by atoms with E-state index >= 15 is 0 Å². The van der Waals surface area contributed by atoms with Crippen molar-refractivity contribution in [2.45, 2.75) is 70.1 Å². The molecule has 1 heterocycles. The van der Waals surface area contributed by atoms with Gasteiger partial charge in [0.25, 0.3) is 0 Å². The fourth-order valence-corrected chi connectivity index (χ4v) is 3.59. The minimum atomic E-state index is -1.22. The molecule has 0 bridgehead atoms. The summed E-state index contributed by atoms with van der Waals surface area (Å²) in [5.41, 5.74) is 16.1. The predicted octanol–water partition coefficient (Wildman–Crippen LogP) is -2.55. The van der Waals surface area contributed by atoms with E-state index in [2.05, 4.69) is 15.6 Å². The van der Waals surface area contributed by atoms with Crippen LogP contribution in [0.15, 0.2) is 4.99 Å². The first-order valence-corrected chi connectivity index (χ1v) is 11.0. The van der Waals surface area contributed by atoms with E-state index in [-0.39, 0.29) is 31.3 Å². The number of nitrogens with zero attached hydrogens (tertiary/aromatic N) is 2. The summed E-state index contributed by atoms with van der Waals surface area (Å²) in [4.78, 5) is 55.0. The molecule has 0 radical (unpaired) electrons. The third kappa shape index (κ3) is 9.22. The second-order valence-electron chi connectivity index (χ2n) is 8.52. The van der Waals surface area contributed by atoms with Crippen LogP contribution >= 0.6 is 0 Å². The molecule has 1 aliphatic heterocycles. The van der Waals surface area contributed by atoms with E-state index in [0.29, 0.717) is 25.8 Å². The molecule has 1 aliphatic rings. The van der Waals surface area contributed by atoms with Crippen molar-refractivity contribution in [3.05, 3.63) is 0 Å². The van der Waals surface area contributed by atoms with Crippen LogP contribution in [0.2, 0.25) is 0 Å². The molecule has 13 heteroatoms. The fourth-order valence-electron chi connectivity index (χ4n) is 3.59. The van der Waals surface area contributed by atoms with Crippen molar-refractivity contribution >= 4 is 29.7 Å². The van der Waals surface area contributed by atoms with E-state index < -0.39 is 54.5 Å². The molecule has 10 N–H and O–H groups in total. The molecule has 33 heavy (non-hydrogen) atoms. The number of hydrogen-bond acceptors (Lipinski definition) is 7. The third-order valence-corrected chi connectivity index (χ3v) is 5.25. The average molecular weight is 472 g/mol. The molecule has 0 aromatic carbocycles. The third-order valence-electron chi connectivity index (χ3n) is 5.25. The number of carboxylic acid groups (broad SMARTS) is 1. The highest BCUT2D eigenvalue weighted by Crippen LogP contribution is 2.20. The summed E-state index contributed by atoms with van der Waals surface area (Å²) < 4.78 is 0. The molecule has 13 nitrogen and oxygen atoms in total. The highest BCUT2D eigenvalue weighted by atomic mass is 16.4. The monoisotopic (exact) mass is 471 g/mol. The summed E-state index contributed by atoms with van der Waals surface area (Å²) in [6.45, 7) is 3.66. The lowest BCUT2D eigenvalue weighted by Gasteiger charge is -2.29. The molecule has 0 spiro atoms. The van der Waals surface area contributed by atoms with Crippen molar-refractivity contribution in [1.29, 1.82) is 0 Å². The number of aliphatic hydroxyl groups excluding tert-OH is 1. The van der Waals surface area contributed by atoms with Gasteiger partial charge in [-0.15, -0.1) is 0 Å². The van der Waals surface area contributed by atoms with Crippen LogP contribution in [-0.2, 0) is 19.2 Å². The number of guanidine groups is 1. The number of aliphatic carboxylic acids is 1. The Bertz CT molecular complexity index is 726. The highest BCUT2D eigenvalue weighted by molar-refractivity contribution is 5.94. The number of carbonyl (C=O) groups excluding carboxylic acids is 3. The van der Waals surface area contributed by atoms with Gasteiger partial charge in [-0.2, -0.15) is 0 Å². The summed E-state index contributed by atoms with van der Waals surface area (Å²) in [5, 5.41) is 23.7. The summed E-state index contributed by atoms with van der Waals surface area (Å²) in [5.74, 6) is -2.98. The van der Waals surface area contributed by atoms with Gasteiger partial charge in [-0.1, -0.05) is 13.8 Å². The van der Waals surface area contributed by atoms with Crippen molar-refractivity contribution in [3.8, 4) is 0 Å². The zero-order valence-corrected chi connectivity index (χ0v) is 19.2. The number of nitrogens with one attached hydrogen (secondary N) is 2. The van der Waals surface area contributed by atoms with Gasteiger partial charge in [-0.3, -0.25) is 19.4 Å². The Morgan fingerprint density at radius 2 is 1.76 bits per heavy atom. The van der Waals surface area contributed by atoms with Crippen molar-refractivity contribution in [1.82, 2.24) is 15.5 Å². The van der Waals surface area contributed by atoms with E-state index in [1.165, 1.54) is 4.90 Å². The molecule has 1 rings (SSSR count). The Kier molecular flexibility index (Phi) is 11.6. The maximum absolute atomic E-state index is 13.1. The summed E-state index contributed by atoms with van der Waals surface area (Å²) in [7, 11) is 0. The first kappa shape index (κ1) is 28.1. The number of amides is 3. The molecular weight excluding hydrogens is 434 g/mol. The van der Waals surface area contributed by atoms with Gasteiger partial charge in [0.1, 0.15) is 24.2 Å². The number of carbonyl (C=O) groups is 4. The number of aliphatic hydroxyl groups is 1. The maximum Gasteiger partial charge on any atom is 0.326 e. The van der Waals surface area contributed by atoms with E-state index in [4.69, 9.17) is 22.3 Å². The Morgan fingerprint density at radius 1 is 1.12 bits per heavy atom. The first-order valence-electron chi connectivity index (χ1n) is 11.0. The summed E-state index contributed by atoms with van der Waals surface area (Å²) in [6.07, 6.45) is 1.70. The molecule has 0 saturated carbocycles. The smallest absolute Gasteiger partial charge is 0.326 e. The van der Waals surface area contributed by atoms with Crippen LogP contribution in [0, 0.1) is 5.92 Å². The van der Waals surface area contributed by atoms with E-state index in [0.717, 1.165) is 0 Å². The van der Waals surface area contributed by atoms with Crippen LogP contribution in [-0.4, -0.2) is 88.6 Å². The average Bonchev–Trinajstić information content (AvgIpc) is 3.23. The Labute approximate surface area is 193 Å². The molecule has 4 atom stereocenters. The van der Waals surface area contributed by atoms with E-state index in [1.54, 1.807) is 0 Å². The molecule has 3 amide bonds. The largest absolute Gasteiger partial charge is 0.480 e. The van der Waals surface area contributed by atoms with Crippen LogP contribution in [0.5, 0.6) is 0 Å². The summed E-state index contributed by atoms with van der Waals surface area (Å²) >= 11 is 0. The Morgan fingerprint density at radius 3 is 2.30 bits per heavy atom. The Hall–Kier alpha value is -2.93. The molecular formula is C20H37N7O6. The zero-order valence-electron chi connectivity index (χ0n) is 19.2. The second-order valence-corrected chi connectivity index (χ2v) is 8.52. The van der Waals surface area contributed by atoms with Crippen LogP contribution in [0.3, 0.4) is 0 Å². The van der Waals surface area contributed by atoms with Crippen LogP contribution in [0.25, 0.3) is 0 Å². The van der Waals surface area contributed by atoms with Crippen molar-refractivity contribution in [3.63, 3.8) is 0 Å². The number of hydrogen-bond donors (Lipinski definition) is 7. The number of likely N-dealkylation sites (tertiary alicyclic amines) is 1. The van der Waals surface area contributed by atoms with E-state index in [1.807, 2.05) is 13.8 Å². The van der Waals surface area contributed by atoms with Crippen molar-refractivity contribution in [2.24, 2.45) is 28.1 Å². The van der Waals surface area contributed by atoms with Gasteiger partial charge < -0.3 is 42.9 Å². The van der Waals surface area contributed by atoms with Gasteiger partial charge >= 0.3 is 5.97 Å². The van der Waals surface area contributed by atoms with Gasteiger partial charge in [-0.05, 0) is 38.0 Å². The lowest BCUT2D eigenvalue weighted by atomic mass is 10.0. The second kappa shape index (κ2) is 13.6. The predicted molar refractivity (Wildman–Crippen MR) is 121 cm³/mol. The van der Waals surface area contributed by atoms with Crippen molar-refractivity contribution < 1.29 is 29.4 Å². The minimum absolute atomic E-state index is 0.0304. The normalized spacial score (nSPS) is 18.3. The van der Waals surface area contributed by atoms with Gasteiger partial charge in [0.2, 0.25) is 17.7 Å². The van der Waals surface area contributed by atoms with Gasteiger partial charge in [0.05, 0.1) is 6.61 Å². The zero-order chi connectivity index (χ0) is 25.1. The fraction of sp³-hybridized carbons (Fsp3) is 0.750. The van der Waals surface area contributed by atoms with Crippen LogP contribution in [0.1, 0.15) is 46.0 Å². The SMILES string of the molecule is CC(C)C[C@H](NC(=O)[C@H](CCCN=C(N)N)NC(=O)[C@@H](N)CO)C(=O)N1CCC[C@H]1C(=O)O. The molecule has 0 unspecified atom stereocenters. The standard InChI is InChI=1S/C20H37N7O6/c1-11(2)9-14(18(31)27-8-4-6-15(27)19(32)33)26-17(30)13(5-3-7-24-20(22)23)25-16(29)12(21)10-28/h11-15,28H,3-10,21H2,1-2H3,(H,25,29)(H,26,30)(H,32,33)(H4,22,23,24)/t12-,13-,14-,15-/m0/s1. The number of carboxylic acids is 1. The van der Waals surface area contributed by atoms with Crippen LogP contribution in [0.4, 0.5) is 0 Å². The lowest BCUT2D eigenvalue weighted by molar-refractivity contribution is -0.149. The number of rotatable bonds is 13. The Balaban J connectivity index is 2.99. The molecule has 1 saturated heterocycles. The molecule has 188 valence electrons. The molecule has 0 aromatic heterocycles. The quantitative estimate of drug-likeness (QED) is 0.0850. The lowest BCUT2D eigenvalue weighted by Crippen LogP contribution is -2.57.